The molecule has 0 fully saturated rings. The van der Waals surface area contributed by atoms with E-state index in [2.05, 4.69) is 42.6 Å². The number of amides is 2. The van der Waals surface area contributed by atoms with E-state index in [1.165, 1.54) is 16.0 Å². The molecule has 5 nitrogen and oxygen atoms in total. The van der Waals surface area contributed by atoms with Gasteiger partial charge in [0, 0.05) is 30.6 Å². The van der Waals surface area contributed by atoms with Crippen LogP contribution in [0.1, 0.15) is 38.0 Å². The average molecular weight is 499 g/mol. The van der Waals surface area contributed by atoms with Crippen LogP contribution >= 0.6 is 11.3 Å². The molecule has 6 heteroatoms. The molecule has 184 valence electrons. The lowest BCUT2D eigenvalue weighted by Crippen LogP contribution is -2.47. The van der Waals surface area contributed by atoms with Gasteiger partial charge in [-0.05, 0) is 58.8 Å². The van der Waals surface area contributed by atoms with Crippen molar-refractivity contribution in [1.82, 2.24) is 9.80 Å². The molecule has 2 heterocycles. The van der Waals surface area contributed by atoms with E-state index in [-0.39, 0.29) is 24.4 Å². The molecule has 1 aromatic heterocycles. The van der Waals surface area contributed by atoms with Crippen LogP contribution in [-0.2, 0) is 16.0 Å². The molecule has 0 aliphatic carbocycles. The van der Waals surface area contributed by atoms with Crippen molar-refractivity contribution in [3.63, 3.8) is 0 Å². The highest BCUT2D eigenvalue weighted by atomic mass is 32.1. The summed E-state index contributed by atoms with van der Waals surface area (Å²) >= 11 is 1.75. The number of hydrogen-bond acceptors (Lipinski definition) is 4. The summed E-state index contributed by atoms with van der Waals surface area (Å²) < 4.78 is 5.28. The zero-order valence-corrected chi connectivity index (χ0v) is 21.5. The zero-order chi connectivity index (χ0) is 25.1. The predicted molar refractivity (Wildman–Crippen MR) is 144 cm³/mol. The average Bonchev–Trinajstić information content (AvgIpc) is 3.39. The Labute approximate surface area is 215 Å². The second kappa shape index (κ2) is 10.6. The third-order valence-corrected chi connectivity index (χ3v) is 7.85. The highest BCUT2D eigenvalue weighted by Gasteiger charge is 2.34. The van der Waals surface area contributed by atoms with E-state index in [4.69, 9.17) is 4.74 Å². The Morgan fingerprint density at radius 1 is 1.03 bits per heavy atom. The minimum absolute atomic E-state index is 0.0108. The van der Waals surface area contributed by atoms with Crippen LogP contribution in [0, 0.1) is 6.92 Å². The Kier molecular flexibility index (Phi) is 7.16. The van der Waals surface area contributed by atoms with E-state index in [1.54, 1.807) is 23.3 Å². The van der Waals surface area contributed by atoms with E-state index in [0.29, 0.717) is 25.3 Å². The summed E-state index contributed by atoms with van der Waals surface area (Å²) in [4.78, 5) is 32.2. The van der Waals surface area contributed by atoms with Crippen LogP contribution in [0.15, 0.2) is 78.2 Å². The summed E-state index contributed by atoms with van der Waals surface area (Å²) in [6.07, 6.45) is 0.831. The molecule has 0 N–H and O–H groups in total. The van der Waals surface area contributed by atoms with Crippen molar-refractivity contribution in [1.29, 1.82) is 0 Å². The summed E-state index contributed by atoms with van der Waals surface area (Å²) in [6.45, 7) is 3.42. The van der Waals surface area contributed by atoms with Gasteiger partial charge in [-0.3, -0.25) is 9.59 Å². The number of rotatable bonds is 7. The molecule has 4 aromatic rings. The van der Waals surface area contributed by atoms with Crippen molar-refractivity contribution in [2.45, 2.75) is 19.4 Å². The Morgan fingerprint density at radius 2 is 1.81 bits per heavy atom. The van der Waals surface area contributed by atoms with Crippen molar-refractivity contribution in [3.8, 4) is 0 Å². The summed E-state index contributed by atoms with van der Waals surface area (Å²) in [5.41, 5.74) is 4.04. The third-order valence-electron chi connectivity index (χ3n) is 6.85. The predicted octanol–water partition coefficient (Wildman–Crippen LogP) is 5.47. The maximum absolute atomic E-state index is 13.8. The zero-order valence-electron chi connectivity index (χ0n) is 20.6. The molecule has 1 aliphatic heterocycles. The lowest BCUT2D eigenvalue weighted by atomic mass is 9.92. The number of methoxy groups -OCH3 is 1. The van der Waals surface area contributed by atoms with Gasteiger partial charge in [0.2, 0.25) is 5.91 Å². The van der Waals surface area contributed by atoms with Gasteiger partial charge < -0.3 is 14.5 Å². The second-order valence-electron chi connectivity index (χ2n) is 9.23. The number of carbonyl (C=O) groups excluding carboxylic acids is 2. The molecule has 5 rings (SSSR count). The van der Waals surface area contributed by atoms with Gasteiger partial charge in [-0.15, -0.1) is 11.3 Å². The number of ether oxygens (including phenoxy) is 1. The van der Waals surface area contributed by atoms with Crippen LogP contribution in [0.5, 0.6) is 0 Å². The molecule has 0 saturated carbocycles. The van der Waals surface area contributed by atoms with Crippen molar-refractivity contribution >= 4 is 33.9 Å². The quantitative estimate of drug-likeness (QED) is 0.339. The number of aryl methyl sites for hydroxylation is 1. The molecule has 2 amide bonds. The molecular weight excluding hydrogens is 468 g/mol. The summed E-state index contributed by atoms with van der Waals surface area (Å²) in [5, 5.41) is 4.18. The maximum Gasteiger partial charge on any atom is 0.254 e. The van der Waals surface area contributed by atoms with Gasteiger partial charge in [-0.1, -0.05) is 60.2 Å². The number of nitrogens with zero attached hydrogens (tertiary/aromatic N) is 2. The molecule has 36 heavy (non-hydrogen) atoms. The lowest BCUT2D eigenvalue weighted by molar-refractivity contribution is -0.134. The molecular formula is C30H30N2O3S. The van der Waals surface area contributed by atoms with Crippen LogP contribution in [0.25, 0.3) is 10.8 Å². The molecule has 1 unspecified atom stereocenters. The van der Waals surface area contributed by atoms with Crippen molar-refractivity contribution < 1.29 is 14.3 Å². The summed E-state index contributed by atoms with van der Waals surface area (Å²) in [5.74, 6) is -0.214. The monoisotopic (exact) mass is 498 g/mol. The van der Waals surface area contributed by atoms with Crippen LogP contribution in [0.2, 0.25) is 0 Å². The van der Waals surface area contributed by atoms with E-state index in [1.807, 2.05) is 47.4 Å². The highest BCUT2D eigenvalue weighted by molar-refractivity contribution is 7.10. The molecule has 3 aromatic carbocycles. The molecule has 0 spiro atoms. The number of thiophene rings is 1. The largest absolute Gasteiger partial charge is 0.383 e. The minimum Gasteiger partial charge on any atom is -0.383 e. The molecule has 0 saturated heterocycles. The number of carbonyl (C=O) groups is 2. The topological polar surface area (TPSA) is 49.9 Å². The molecule has 0 radical (unpaired) electrons. The molecule has 0 bridgehead atoms. The minimum atomic E-state index is -0.161. The Bertz CT molecular complexity index is 1380. The normalized spacial score (nSPS) is 15.1. The fourth-order valence-corrected chi connectivity index (χ4v) is 5.81. The van der Waals surface area contributed by atoms with Gasteiger partial charge in [0.25, 0.3) is 5.91 Å². The Morgan fingerprint density at radius 3 is 2.58 bits per heavy atom. The number of fused-ring (bicyclic) bond motifs is 2. The Hall–Kier alpha value is -3.48. The second-order valence-corrected chi connectivity index (χ2v) is 10.2. The summed E-state index contributed by atoms with van der Waals surface area (Å²) in [6, 6.07) is 24.0. The summed E-state index contributed by atoms with van der Waals surface area (Å²) in [7, 11) is 1.61. The van der Waals surface area contributed by atoms with Crippen LogP contribution in [-0.4, -0.2) is 55.0 Å². The first-order chi connectivity index (χ1) is 17.5. The standard InChI is InChI=1S/C30H30N2O3S/c1-21-7-9-23(10-8-21)29-26-14-18-36-27(26)13-15-32(29)28(33)20-31(16-17-35-2)30(34)25-12-11-22-5-3-4-6-24(22)19-25/h3-12,14,18-19,29H,13,15-17,20H2,1-2H3. The van der Waals surface area contributed by atoms with E-state index < -0.39 is 0 Å². The van der Waals surface area contributed by atoms with Gasteiger partial charge in [-0.25, -0.2) is 0 Å². The smallest absolute Gasteiger partial charge is 0.254 e. The third kappa shape index (κ3) is 4.92. The van der Waals surface area contributed by atoms with Crippen LogP contribution < -0.4 is 0 Å². The first-order valence-corrected chi connectivity index (χ1v) is 13.1. The SMILES string of the molecule is COCCN(CC(=O)N1CCc2sccc2C1c1ccc(C)cc1)C(=O)c1ccc2ccccc2c1. The van der Waals surface area contributed by atoms with Gasteiger partial charge in [0.05, 0.1) is 12.6 Å². The van der Waals surface area contributed by atoms with Gasteiger partial charge >= 0.3 is 0 Å². The molecule has 1 atom stereocenters. The maximum atomic E-state index is 13.8. The van der Waals surface area contributed by atoms with E-state index >= 15 is 0 Å². The first kappa shape index (κ1) is 24.2. The van der Waals surface area contributed by atoms with E-state index in [9.17, 15) is 9.59 Å². The van der Waals surface area contributed by atoms with Gasteiger partial charge in [0.1, 0.15) is 6.54 Å². The van der Waals surface area contributed by atoms with Crippen molar-refractivity contribution in [3.05, 3.63) is 105 Å². The highest BCUT2D eigenvalue weighted by Crippen LogP contribution is 2.38. The lowest BCUT2D eigenvalue weighted by Gasteiger charge is -2.37. The molecule has 1 aliphatic rings. The van der Waals surface area contributed by atoms with Crippen molar-refractivity contribution in [2.24, 2.45) is 0 Å². The fraction of sp³-hybridized carbons (Fsp3) is 0.267. The van der Waals surface area contributed by atoms with Crippen molar-refractivity contribution in [2.75, 3.05) is 33.4 Å². The van der Waals surface area contributed by atoms with Gasteiger partial charge in [0.15, 0.2) is 0 Å². The van der Waals surface area contributed by atoms with Crippen LogP contribution in [0.4, 0.5) is 0 Å². The first-order valence-electron chi connectivity index (χ1n) is 12.2. The van der Waals surface area contributed by atoms with Gasteiger partial charge in [-0.2, -0.15) is 0 Å². The van der Waals surface area contributed by atoms with E-state index in [0.717, 1.165) is 22.8 Å². The Balaban J connectivity index is 1.42. The van der Waals surface area contributed by atoms with Crippen LogP contribution in [0.3, 0.4) is 0 Å². The fourth-order valence-electron chi connectivity index (χ4n) is 4.91. The number of benzene rings is 3. The number of hydrogen-bond donors (Lipinski definition) is 0.